The van der Waals surface area contributed by atoms with E-state index in [2.05, 4.69) is 0 Å². The number of carbonyl (C=O) groups is 1. The Bertz CT molecular complexity index is 714. The standard InChI is InChI=1S/C16H11FO2S/c17-12-5-7-13(8-6-12)20-10-14(18)16-9-11-3-1-2-4-15(11)19-16/h1-9H,10H2. The molecule has 0 atom stereocenters. The Kier molecular flexibility index (Phi) is 3.56. The van der Waals surface area contributed by atoms with E-state index in [1.165, 1.54) is 23.9 Å². The summed E-state index contributed by atoms with van der Waals surface area (Å²) < 4.78 is 18.3. The molecule has 0 unspecified atom stereocenters. The Hall–Kier alpha value is -2.07. The van der Waals surface area contributed by atoms with Crippen LogP contribution >= 0.6 is 11.8 Å². The predicted molar refractivity (Wildman–Crippen MR) is 77.7 cm³/mol. The third-order valence-corrected chi connectivity index (χ3v) is 3.90. The quantitative estimate of drug-likeness (QED) is 0.521. The number of thioether (sulfide) groups is 1. The van der Waals surface area contributed by atoms with Crippen LogP contribution in [0.15, 0.2) is 63.9 Å². The van der Waals surface area contributed by atoms with Gasteiger partial charge in [-0.25, -0.2) is 4.39 Å². The average Bonchev–Trinajstić information content (AvgIpc) is 2.90. The Balaban J connectivity index is 1.71. The van der Waals surface area contributed by atoms with Crippen molar-refractivity contribution >= 4 is 28.5 Å². The highest BCUT2D eigenvalue weighted by molar-refractivity contribution is 8.00. The first kappa shape index (κ1) is 12.9. The summed E-state index contributed by atoms with van der Waals surface area (Å²) in [5.74, 6) is 0.278. The minimum absolute atomic E-state index is 0.0736. The molecule has 0 bridgehead atoms. The SMILES string of the molecule is O=C(CSc1ccc(F)cc1)c1cc2ccccc2o1. The number of halogens is 1. The van der Waals surface area contributed by atoms with E-state index in [0.717, 1.165) is 10.3 Å². The zero-order chi connectivity index (χ0) is 13.9. The van der Waals surface area contributed by atoms with Crippen LogP contribution in [0, 0.1) is 5.82 Å². The third-order valence-electron chi connectivity index (χ3n) is 2.88. The third kappa shape index (κ3) is 2.75. The summed E-state index contributed by atoms with van der Waals surface area (Å²) in [5, 5.41) is 0.919. The second-order valence-corrected chi connectivity index (χ2v) is 5.36. The average molecular weight is 286 g/mol. The molecule has 0 N–H and O–H groups in total. The molecule has 3 aromatic rings. The lowest BCUT2D eigenvalue weighted by atomic mass is 10.2. The molecule has 1 aromatic heterocycles. The van der Waals surface area contributed by atoms with Gasteiger partial charge in [0.25, 0.3) is 0 Å². The lowest BCUT2D eigenvalue weighted by molar-refractivity contribution is 0.0994. The maximum Gasteiger partial charge on any atom is 0.208 e. The van der Waals surface area contributed by atoms with Crippen LogP contribution in [0.5, 0.6) is 0 Å². The first-order valence-electron chi connectivity index (χ1n) is 6.12. The molecule has 0 aliphatic rings. The topological polar surface area (TPSA) is 30.2 Å². The number of para-hydroxylation sites is 1. The van der Waals surface area contributed by atoms with E-state index in [0.29, 0.717) is 11.3 Å². The summed E-state index contributed by atoms with van der Waals surface area (Å²) in [6, 6.07) is 15.3. The summed E-state index contributed by atoms with van der Waals surface area (Å²) in [7, 11) is 0. The summed E-state index contributed by atoms with van der Waals surface area (Å²) in [4.78, 5) is 12.9. The van der Waals surface area contributed by atoms with Crippen molar-refractivity contribution in [3.05, 3.63) is 66.2 Å². The van der Waals surface area contributed by atoms with Gasteiger partial charge in [0.2, 0.25) is 5.78 Å². The van der Waals surface area contributed by atoms with Crippen molar-refractivity contribution in [2.24, 2.45) is 0 Å². The maximum atomic E-state index is 12.8. The van der Waals surface area contributed by atoms with Crippen LogP contribution in [0.3, 0.4) is 0 Å². The van der Waals surface area contributed by atoms with E-state index in [1.54, 1.807) is 18.2 Å². The van der Waals surface area contributed by atoms with Gasteiger partial charge in [-0.2, -0.15) is 0 Å². The zero-order valence-electron chi connectivity index (χ0n) is 10.5. The van der Waals surface area contributed by atoms with Gasteiger partial charge in [0, 0.05) is 10.3 Å². The first-order chi connectivity index (χ1) is 9.72. The largest absolute Gasteiger partial charge is 0.453 e. The Morgan fingerprint density at radius 1 is 1.10 bits per heavy atom. The van der Waals surface area contributed by atoms with Gasteiger partial charge in [0.1, 0.15) is 11.4 Å². The summed E-state index contributed by atoms with van der Waals surface area (Å²) >= 11 is 1.37. The molecule has 2 aromatic carbocycles. The number of benzene rings is 2. The molecular weight excluding hydrogens is 275 g/mol. The fourth-order valence-corrected chi connectivity index (χ4v) is 2.64. The lowest BCUT2D eigenvalue weighted by Crippen LogP contribution is -2.00. The normalized spacial score (nSPS) is 10.8. The molecule has 1 heterocycles. The molecule has 3 rings (SSSR count). The zero-order valence-corrected chi connectivity index (χ0v) is 11.3. The fourth-order valence-electron chi connectivity index (χ4n) is 1.87. The van der Waals surface area contributed by atoms with E-state index < -0.39 is 0 Å². The van der Waals surface area contributed by atoms with Crippen molar-refractivity contribution in [2.45, 2.75) is 4.90 Å². The molecule has 20 heavy (non-hydrogen) atoms. The van der Waals surface area contributed by atoms with E-state index in [-0.39, 0.29) is 17.4 Å². The Morgan fingerprint density at radius 3 is 2.60 bits per heavy atom. The van der Waals surface area contributed by atoms with Crippen LogP contribution in [-0.4, -0.2) is 11.5 Å². The minimum Gasteiger partial charge on any atom is -0.453 e. The van der Waals surface area contributed by atoms with Gasteiger partial charge in [-0.3, -0.25) is 4.79 Å². The van der Waals surface area contributed by atoms with Crippen molar-refractivity contribution in [1.29, 1.82) is 0 Å². The molecule has 0 fully saturated rings. The van der Waals surface area contributed by atoms with Crippen molar-refractivity contribution in [3.63, 3.8) is 0 Å². The molecule has 0 aliphatic heterocycles. The van der Waals surface area contributed by atoms with Gasteiger partial charge in [-0.05, 0) is 36.4 Å². The van der Waals surface area contributed by atoms with Crippen molar-refractivity contribution in [1.82, 2.24) is 0 Å². The molecule has 0 saturated carbocycles. The van der Waals surface area contributed by atoms with Crippen LogP contribution < -0.4 is 0 Å². The number of furan rings is 1. The molecule has 4 heteroatoms. The van der Waals surface area contributed by atoms with E-state index in [1.807, 2.05) is 24.3 Å². The number of rotatable bonds is 4. The number of ketones is 1. The summed E-state index contributed by atoms with van der Waals surface area (Å²) in [6.45, 7) is 0. The highest BCUT2D eigenvalue weighted by Gasteiger charge is 2.12. The molecule has 0 saturated heterocycles. The molecule has 0 radical (unpaired) electrons. The van der Waals surface area contributed by atoms with Crippen LogP contribution in [0.1, 0.15) is 10.6 Å². The van der Waals surface area contributed by atoms with Crippen LogP contribution in [0.2, 0.25) is 0 Å². The summed E-state index contributed by atoms with van der Waals surface area (Å²) in [5.41, 5.74) is 0.711. The van der Waals surface area contributed by atoms with Gasteiger partial charge in [-0.15, -0.1) is 11.8 Å². The number of Topliss-reactive ketones (excluding diaryl/α,β-unsaturated/α-hetero) is 1. The van der Waals surface area contributed by atoms with Crippen molar-refractivity contribution < 1.29 is 13.6 Å². The maximum absolute atomic E-state index is 12.8. The Morgan fingerprint density at radius 2 is 1.85 bits per heavy atom. The number of fused-ring (bicyclic) bond motifs is 1. The smallest absolute Gasteiger partial charge is 0.208 e. The van der Waals surface area contributed by atoms with Crippen molar-refractivity contribution in [3.8, 4) is 0 Å². The lowest BCUT2D eigenvalue weighted by Gasteiger charge is -1.99. The van der Waals surface area contributed by atoms with Crippen LogP contribution in [0.4, 0.5) is 4.39 Å². The van der Waals surface area contributed by atoms with Gasteiger partial charge < -0.3 is 4.42 Å². The number of hydrogen-bond acceptors (Lipinski definition) is 3. The van der Waals surface area contributed by atoms with Crippen LogP contribution in [-0.2, 0) is 0 Å². The fraction of sp³-hybridized carbons (Fsp3) is 0.0625. The van der Waals surface area contributed by atoms with Gasteiger partial charge in [0.15, 0.2) is 5.76 Å². The molecule has 100 valence electrons. The van der Waals surface area contributed by atoms with Gasteiger partial charge in [-0.1, -0.05) is 18.2 Å². The molecule has 2 nitrogen and oxygen atoms in total. The second kappa shape index (κ2) is 5.51. The molecule has 0 aliphatic carbocycles. The van der Waals surface area contributed by atoms with E-state index in [9.17, 15) is 9.18 Å². The molecule has 0 spiro atoms. The number of carbonyl (C=O) groups excluding carboxylic acids is 1. The molecule has 0 amide bonds. The number of hydrogen-bond donors (Lipinski definition) is 0. The van der Waals surface area contributed by atoms with E-state index in [4.69, 9.17) is 4.42 Å². The van der Waals surface area contributed by atoms with E-state index >= 15 is 0 Å². The highest BCUT2D eigenvalue weighted by atomic mass is 32.2. The monoisotopic (exact) mass is 286 g/mol. The minimum atomic E-state index is -0.280. The predicted octanol–water partition coefficient (Wildman–Crippen LogP) is 4.55. The second-order valence-electron chi connectivity index (χ2n) is 4.31. The summed E-state index contributed by atoms with van der Waals surface area (Å²) in [6.07, 6.45) is 0. The highest BCUT2D eigenvalue weighted by Crippen LogP contribution is 2.23. The molecular formula is C16H11FO2S. The Labute approximate surface area is 119 Å². The van der Waals surface area contributed by atoms with Gasteiger partial charge >= 0.3 is 0 Å². The first-order valence-corrected chi connectivity index (χ1v) is 7.11. The van der Waals surface area contributed by atoms with Crippen molar-refractivity contribution in [2.75, 3.05) is 5.75 Å². The van der Waals surface area contributed by atoms with Crippen LogP contribution in [0.25, 0.3) is 11.0 Å². The van der Waals surface area contributed by atoms with Gasteiger partial charge in [0.05, 0.1) is 5.75 Å².